The third-order valence-electron chi connectivity index (χ3n) is 3.03. The predicted molar refractivity (Wildman–Crippen MR) is 71.3 cm³/mol. The van der Waals surface area contributed by atoms with Crippen molar-refractivity contribution in [1.82, 2.24) is 9.88 Å². The molecule has 1 amide bonds. The van der Waals surface area contributed by atoms with Gasteiger partial charge in [0.25, 0.3) is 5.91 Å². The molecule has 1 aliphatic heterocycles. The van der Waals surface area contributed by atoms with Crippen LogP contribution in [0.3, 0.4) is 0 Å². The second kappa shape index (κ2) is 5.83. The molecular weight excluding hydrogens is 304 g/mol. The van der Waals surface area contributed by atoms with E-state index in [1.54, 1.807) is 12.3 Å². The Morgan fingerprint density at radius 3 is 3.12 bits per heavy atom. The number of amides is 1. The number of halogens is 2. The van der Waals surface area contributed by atoms with Crippen LogP contribution in [0.1, 0.15) is 29.8 Å². The molecule has 1 saturated heterocycles. The van der Waals surface area contributed by atoms with Gasteiger partial charge in [-0.2, -0.15) is 0 Å². The Kier molecular flexibility index (Phi) is 4.40. The number of piperidine rings is 1. The van der Waals surface area contributed by atoms with Gasteiger partial charge < -0.3 is 4.90 Å². The third-order valence-corrected chi connectivity index (χ3v) is 4.02. The molecule has 0 radical (unpaired) electrons. The average Bonchev–Trinajstić information content (AvgIpc) is 2.38. The second-order valence-electron chi connectivity index (χ2n) is 4.14. The van der Waals surface area contributed by atoms with Crippen LogP contribution in [0.4, 0.5) is 0 Å². The molecule has 92 valence electrons. The van der Waals surface area contributed by atoms with Crippen LogP contribution in [0.15, 0.2) is 22.8 Å². The molecular formula is C12H14BrClN2O. The van der Waals surface area contributed by atoms with Crippen molar-refractivity contribution in [3.05, 3.63) is 28.5 Å². The number of hydrogen-bond donors (Lipinski definition) is 0. The van der Waals surface area contributed by atoms with Gasteiger partial charge in [0.2, 0.25) is 0 Å². The zero-order valence-corrected chi connectivity index (χ0v) is 11.7. The van der Waals surface area contributed by atoms with Crippen LogP contribution in [-0.4, -0.2) is 34.3 Å². The SMILES string of the molecule is O=C(c1ncccc1Br)N1CCCCC1CCl. The average molecular weight is 318 g/mol. The van der Waals surface area contributed by atoms with E-state index in [1.807, 2.05) is 11.0 Å². The fraction of sp³-hybridized carbons (Fsp3) is 0.500. The van der Waals surface area contributed by atoms with Crippen molar-refractivity contribution in [3.63, 3.8) is 0 Å². The molecule has 1 atom stereocenters. The predicted octanol–water partition coefficient (Wildman–Crippen LogP) is 3.08. The number of aromatic nitrogens is 1. The van der Waals surface area contributed by atoms with E-state index in [4.69, 9.17) is 11.6 Å². The second-order valence-corrected chi connectivity index (χ2v) is 5.30. The number of hydrogen-bond acceptors (Lipinski definition) is 2. The molecule has 1 aromatic heterocycles. The normalized spacial score (nSPS) is 20.4. The number of carbonyl (C=O) groups is 1. The van der Waals surface area contributed by atoms with Gasteiger partial charge in [-0.15, -0.1) is 11.6 Å². The van der Waals surface area contributed by atoms with Crippen LogP contribution in [0.2, 0.25) is 0 Å². The van der Waals surface area contributed by atoms with Crippen molar-refractivity contribution in [2.75, 3.05) is 12.4 Å². The Morgan fingerprint density at radius 2 is 2.41 bits per heavy atom. The fourth-order valence-corrected chi connectivity index (χ4v) is 2.85. The van der Waals surface area contributed by atoms with E-state index in [9.17, 15) is 4.79 Å². The smallest absolute Gasteiger partial charge is 0.273 e. The summed E-state index contributed by atoms with van der Waals surface area (Å²) in [5.41, 5.74) is 0.476. The molecule has 1 unspecified atom stereocenters. The van der Waals surface area contributed by atoms with Crippen LogP contribution < -0.4 is 0 Å². The van der Waals surface area contributed by atoms with Gasteiger partial charge in [-0.25, -0.2) is 4.98 Å². The summed E-state index contributed by atoms with van der Waals surface area (Å²) in [6.07, 6.45) is 4.81. The van der Waals surface area contributed by atoms with E-state index in [0.717, 1.165) is 30.3 Å². The first-order valence-electron chi connectivity index (χ1n) is 5.71. The highest BCUT2D eigenvalue weighted by molar-refractivity contribution is 9.10. The molecule has 5 heteroatoms. The van der Waals surface area contributed by atoms with E-state index in [1.165, 1.54) is 0 Å². The third kappa shape index (κ3) is 2.80. The molecule has 2 rings (SSSR count). The standard InChI is InChI=1S/C12H14BrClN2O/c13-10-5-3-6-15-11(10)12(17)16-7-2-1-4-9(16)8-14/h3,5-6,9H,1-2,4,7-8H2. The zero-order chi connectivity index (χ0) is 12.3. The number of carbonyl (C=O) groups excluding carboxylic acids is 1. The minimum absolute atomic E-state index is 0.0252. The molecule has 0 bridgehead atoms. The number of rotatable bonds is 2. The molecule has 2 heterocycles. The van der Waals surface area contributed by atoms with Crippen LogP contribution in [0, 0.1) is 0 Å². The molecule has 1 fully saturated rings. The Balaban J connectivity index is 2.21. The Morgan fingerprint density at radius 1 is 1.59 bits per heavy atom. The van der Waals surface area contributed by atoms with Gasteiger partial charge in [-0.05, 0) is 47.3 Å². The molecule has 3 nitrogen and oxygen atoms in total. The van der Waals surface area contributed by atoms with Crippen LogP contribution in [0.5, 0.6) is 0 Å². The maximum Gasteiger partial charge on any atom is 0.273 e. The Labute approximate surface area is 114 Å². The van der Waals surface area contributed by atoms with E-state index in [-0.39, 0.29) is 11.9 Å². The maximum absolute atomic E-state index is 12.4. The largest absolute Gasteiger partial charge is 0.333 e. The van der Waals surface area contributed by atoms with Gasteiger partial charge >= 0.3 is 0 Å². The Bertz CT molecular complexity index is 413. The van der Waals surface area contributed by atoms with E-state index in [0.29, 0.717) is 11.6 Å². The fourth-order valence-electron chi connectivity index (χ4n) is 2.11. The number of alkyl halides is 1. The van der Waals surface area contributed by atoms with Crippen LogP contribution >= 0.6 is 27.5 Å². The molecule has 0 aromatic carbocycles. The van der Waals surface area contributed by atoms with Crippen molar-refractivity contribution < 1.29 is 4.79 Å². The van der Waals surface area contributed by atoms with Gasteiger partial charge in [0.1, 0.15) is 5.69 Å². The van der Waals surface area contributed by atoms with Crippen molar-refractivity contribution in [2.24, 2.45) is 0 Å². The van der Waals surface area contributed by atoms with Gasteiger partial charge in [0, 0.05) is 29.1 Å². The first kappa shape index (κ1) is 12.8. The zero-order valence-electron chi connectivity index (χ0n) is 9.40. The highest BCUT2D eigenvalue weighted by atomic mass is 79.9. The lowest BCUT2D eigenvalue weighted by Gasteiger charge is -2.34. The molecule has 0 saturated carbocycles. The van der Waals surface area contributed by atoms with E-state index in [2.05, 4.69) is 20.9 Å². The molecule has 0 N–H and O–H groups in total. The minimum atomic E-state index is -0.0252. The lowest BCUT2D eigenvalue weighted by molar-refractivity contribution is 0.0632. The van der Waals surface area contributed by atoms with Crippen molar-refractivity contribution >= 4 is 33.4 Å². The number of likely N-dealkylation sites (tertiary alicyclic amines) is 1. The summed E-state index contributed by atoms with van der Waals surface area (Å²) in [7, 11) is 0. The topological polar surface area (TPSA) is 33.2 Å². The molecule has 1 aromatic rings. The van der Waals surface area contributed by atoms with E-state index >= 15 is 0 Å². The molecule has 17 heavy (non-hydrogen) atoms. The highest BCUT2D eigenvalue weighted by Crippen LogP contribution is 2.22. The molecule has 0 aliphatic carbocycles. The van der Waals surface area contributed by atoms with Crippen LogP contribution in [-0.2, 0) is 0 Å². The summed E-state index contributed by atoms with van der Waals surface area (Å²) >= 11 is 9.28. The van der Waals surface area contributed by atoms with Crippen molar-refractivity contribution in [3.8, 4) is 0 Å². The summed E-state index contributed by atoms with van der Waals surface area (Å²) in [4.78, 5) is 18.4. The molecule has 0 spiro atoms. The minimum Gasteiger partial charge on any atom is -0.333 e. The first-order chi connectivity index (χ1) is 8.24. The maximum atomic E-state index is 12.4. The van der Waals surface area contributed by atoms with Gasteiger partial charge in [0.05, 0.1) is 0 Å². The van der Waals surface area contributed by atoms with Gasteiger partial charge in [0.15, 0.2) is 0 Å². The van der Waals surface area contributed by atoms with Crippen molar-refractivity contribution in [2.45, 2.75) is 25.3 Å². The lowest BCUT2D eigenvalue weighted by atomic mass is 10.0. The first-order valence-corrected chi connectivity index (χ1v) is 7.04. The van der Waals surface area contributed by atoms with E-state index < -0.39 is 0 Å². The number of nitrogens with zero attached hydrogens (tertiary/aromatic N) is 2. The lowest BCUT2D eigenvalue weighted by Crippen LogP contribution is -2.45. The van der Waals surface area contributed by atoms with Gasteiger partial charge in [-0.1, -0.05) is 0 Å². The summed E-state index contributed by atoms with van der Waals surface area (Å²) in [6, 6.07) is 3.78. The monoisotopic (exact) mass is 316 g/mol. The Hall–Kier alpha value is -0.610. The summed E-state index contributed by atoms with van der Waals surface area (Å²) in [5, 5.41) is 0. The van der Waals surface area contributed by atoms with Gasteiger partial charge in [-0.3, -0.25) is 4.79 Å². The quantitative estimate of drug-likeness (QED) is 0.785. The van der Waals surface area contributed by atoms with Crippen molar-refractivity contribution in [1.29, 1.82) is 0 Å². The van der Waals surface area contributed by atoms with Crippen LogP contribution in [0.25, 0.3) is 0 Å². The number of pyridine rings is 1. The highest BCUT2D eigenvalue weighted by Gasteiger charge is 2.28. The summed E-state index contributed by atoms with van der Waals surface area (Å²) in [6.45, 7) is 0.777. The summed E-state index contributed by atoms with van der Waals surface area (Å²) < 4.78 is 0.740. The summed E-state index contributed by atoms with van der Waals surface area (Å²) in [5.74, 6) is 0.471. The molecule has 1 aliphatic rings.